The van der Waals surface area contributed by atoms with Crippen molar-refractivity contribution in [3.8, 4) is 17.0 Å². The predicted molar refractivity (Wildman–Crippen MR) is 113 cm³/mol. The van der Waals surface area contributed by atoms with E-state index in [1.54, 1.807) is 0 Å². The fraction of sp³-hybridized carbons (Fsp3) is 0.545. The van der Waals surface area contributed by atoms with Gasteiger partial charge in [0.2, 0.25) is 5.95 Å². The minimum absolute atomic E-state index is 0.0691. The van der Waals surface area contributed by atoms with Gasteiger partial charge in [0.25, 0.3) is 0 Å². The van der Waals surface area contributed by atoms with Gasteiger partial charge in [-0.25, -0.2) is 14.4 Å². The summed E-state index contributed by atoms with van der Waals surface area (Å²) in [6.07, 6.45) is 1.33. The van der Waals surface area contributed by atoms with Crippen molar-refractivity contribution in [2.75, 3.05) is 18.5 Å². The Balaban J connectivity index is 1.47. The van der Waals surface area contributed by atoms with Crippen LogP contribution in [-0.2, 0) is 9.47 Å². The predicted octanol–water partition coefficient (Wildman–Crippen LogP) is 3.74. The standard InChI is InChI=1S/C22H25ClFN3O4/c1-10(2)13-3-4-29-20-14(13)5-11(6-16(20)24)18-15(23)8-25-22(27-18)26-17-7-12-9-30-21(31-12)19(17)28/h5-6,8,10,12-13,17,19,21,28H,3-4,7,9H2,1-2H3,(H,25,26,27)/t12-,13?,17+,19-,21+/m0/s1. The van der Waals surface area contributed by atoms with E-state index in [0.29, 0.717) is 53.5 Å². The summed E-state index contributed by atoms with van der Waals surface area (Å²) in [6, 6.07) is 2.99. The second-order valence-electron chi connectivity index (χ2n) is 8.69. The third-order valence-electron chi connectivity index (χ3n) is 6.26. The van der Waals surface area contributed by atoms with Crippen molar-refractivity contribution in [1.29, 1.82) is 0 Å². The van der Waals surface area contributed by atoms with Crippen molar-refractivity contribution in [3.05, 3.63) is 34.7 Å². The lowest BCUT2D eigenvalue weighted by Crippen LogP contribution is -2.48. The van der Waals surface area contributed by atoms with Gasteiger partial charge in [0.1, 0.15) is 6.10 Å². The van der Waals surface area contributed by atoms with E-state index in [-0.39, 0.29) is 18.1 Å². The number of ether oxygens (including phenoxy) is 3. The van der Waals surface area contributed by atoms with E-state index in [4.69, 9.17) is 25.8 Å². The Kier molecular flexibility index (Phi) is 5.50. The minimum Gasteiger partial charge on any atom is -0.490 e. The van der Waals surface area contributed by atoms with Gasteiger partial charge in [-0.3, -0.25) is 0 Å². The molecule has 5 rings (SSSR count). The Hall–Kier alpha value is -2.00. The van der Waals surface area contributed by atoms with Crippen molar-refractivity contribution in [3.63, 3.8) is 0 Å². The highest BCUT2D eigenvalue weighted by atomic mass is 35.5. The summed E-state index contributed by atoms with van der Waals surface area (Å²) in [7, 11) is 0. The molecule has 0 spiro atoms. The number of halogens is 2. The van der Waals surface area contributed by atoms with E-state index < -0.39 is 18.2 Å². The molecule has 0 aliphatic carbocycles. The van der Waals surface area contributed by atoms with Crippen LogP contribution in [0, 0.1) is 11.7 Å². The molecule has 2 aromatic rings. The first-order chi connectivity index (χ1) is 14.9. The zero-order chi connectivity index (χ0) is 21.7. The van der Waals surface area contributed by atoms with Crippen LogP contribution in [-0.4, -0.2) is 52.8 Å². The maximum absolute atomic E-state index is 14.9. The van der Waals surface area contributed by atoms with Crippen molar-refractivity contribution in [1.82, 2.24) is 9.97 Å². The molecule has 0 radical (unpaired) electrons. The first-order valence-corrected chi connectivity index (χ1v) is 11.0. The van der Waals surface area contributed by atoms with Gasteiger partial charge in [0, 0.05) is 11.1 Å². The lowest BCUT2D eigenvalue weighted by Gasteiger charge is -2.32. The minimum atomic E-state index is -0.841. The summed E-state index contributed by atoms with van der Waals surface area (Å²) in [6.45, 7) is 5.22. The van der Waals surface area contributed by atoms with Gasteiger partial charge in [-0.1, -0.05) is 25.4 Å². The monoisotopic (exact) mass is 449 g/mol. The summed E-state index contributed by atoms with van der Waals surface area (Å²) in [5.41, 5.74) is 1.84. The van der Waals surface area contributed by atoms with Crippen LogP contribution in [0.25, 0.3) is 11.3 Å². The van der Waals surface area contributed by atoms with Crippen LogP contribution in [0.2, 0.25) is 5.02 Å². The molecule has 2 N–H and O–H groups in total. The van der Waals surface area contributed by atoms with Crippen molar-refractivity contribution >= 4 is 17.5 Å². The molecule has 1 aromatic carbocycles. The zero-order valence-corrected chi connectivity index (χ0v) is 18.1. The van der Waals surface area contributed by atoms with E-state index in [1.165, 1.54) is 12.3 Å². The topological polar surface area (TPSA) is 85.7 Å². The van der Waals surface area contributed by atoms with Gasteiger partial charge in [0.15, 0.2) is 17.9 Å². The zero-order valence-electron chi connectivity index (χ0n) is 17.3. The Morgan fingerprint density at radius 1 is 1.32 bits per heavy atom. The van der Waals surface area contributed by atoms with Crippen molar-refractivity contribution in [2.24, 2.45) is 5.92 Å². The number of nitrogens with zero attached hydrogens (tertiary/aromatic N) is 2. The molecule has 166 valence electrons. The lowest BCUT2D eigenvalue weighted by atomic mass is 9.83. The number of aliphatic hydroxyl groups is 1. The normalized spacial score (nSPS) is 29.5. The average molecular weight is 450 g/mol. The van der Waals surface area contributed by atoms with E-state index in [1.807, 2.05) is 6.07 Å². The summed E-state index contributed by atoms with van der Waals surface area (Å²) < 4.78 is 31.5. The number of aliphatic hydroxyl groups excluding tert-OH is 1. The fourth-order valence-corrected chi connectivity index (χ4v) is 4.85. The summed E-state index contributed by atoms with van der Waals surface area (Å²) >= 11 is 6.40. The molecule has 9 heteroatoms. The van der Waals surface area contributed by atoms with E-state index in [9.17, 15) is 9.50 Å². The number of rotatable bonds is 4. The Morgan fingerprint density at radius 2 is 2.16 bits per heavy atom. The van der Waals surface area contributed by atoms with Gasteiger partial charge in [-0.2, -0.15) is 0 Å². The number of benzene rings is 1. The molecule has 31 heavy (non-hydrogen) atoms. The maximum atomic E-state index is 14.9. The van der Waals surface area contributed by atoms with Gasteiger partial charge in [-0.05, 0) is 36.8 Å². The average Bonchev–Trinajstić information content (AvgIpc) is 3.16. The number of nitrogens with one attached hydrogen (secondary N) is 1. The third kappa shape index (κ3) is 3.86. The molecule has 1 unspecified atom stereocenters. The van der Waals surface area contributed by atoms with E-state index in [2.05, 4.69) is 29.1 Å². The van der Waals surface area contributed by atoms with Gasteiger partial charge in [-0.15, -0.1) is 0 Å². The Bertz CT molecular complexity index is 991. The van der Waals surface area contributed by atoms with Gasteiger partial charge < -0.3 is 24.6 Å². The number of anilines is 1. The van der Waals surface area contributed by atoms with Gasteiger partial charge in [0.05, 0.1) is 42.3 Å². The quantitative estimate of drug-likeness (QED) is 0.735. The Morgan fingerprint density at radius 3 is 2.97 bits per heavy atom. The molecule has 4 heterocycles. The number of hydrogen-bond donors (Lipinski definition) is 2. The molecule has 3 aliphatic heterocycles. The van der Waals surface area contributed by atoms with Crippen LogP contribution < -0.4 is 10.1 Å². The SMILES string of the molecule is CC(C)C1CCOc2c(F)cc(-c3nc(N[C@@H]4C[C@H]5CO[C@H](O5)[C@H]4O)ncc3Cl)cc21. The largest absolute Gasteiger partial charge is 0.490 e. The summed E-state index contributed by atoms with van der Waals surface area (Å²) in [5, 5.41) is 13.9. The summed E-state index contributed by atoms with van der Waals surface area (Å²) in [5.74, 6) is 0.750. The lowest BCUT2D eigenvalue weighted by molar-refractivity contribution is -0.156. The van der Waals surface area contributed by atoms with Crippen LogP contribution in [0.4, 0.5) is 10.3 Å². The third-order valence-corrected chi connectivity index (χ3v) is 6.54. The molecule has 2 fully saturated rings. The fourth-order valence-electron chi connectivity index (χ4n) is 4.65. The van der Waals surface area contributed by atoms with Crippen LogP contribution in [0.5, 0.6) is 5.75 Å². The molecule has 7 nitrogen and oxygen atoms in total. The molecule has 2 bridgehead atoms. The van der Waals surface area contributed by atoms with E-state index in [0.717, 1.165) is 12.0 Å². The molecule has 0 saturated carbocycles. The molecular formula is C22H25ClFN3O4. The molecule has 1 aromatic heterocycles. The number of fused-ring (bicyclic) bond motifs is 3. The molecule has 5 atom stereocenters. The maximum Gasteiger partial charge on any atom is 0.223 e. The van der Waals surface area contributed by atoms with Crippen molar-refractivity contribution < 1.29 is 23.7 Å². The highest BCUT2D eigenvalue weighted by molar-refractivity contribution is 6.32. The van der Waals surface area contributed by atoms with Gasteiger partial charge >= 0.3 is 0 Å². The van der Waals surface area contributed by atoms with Crippen LogP contribution in [0.1, 0.15) is 38.2 Å². The van der Waals surface area contributed by atoms with Crippen LogP contribution in [0.15, 0.2) is 18.3 Å². The highest BCUT2D eigenvalue weighted by Gasteiger charge is 2.43. The number of hydrogen-bond acceptors (Lipinski definition) is 7. The van der Waals surface area contributed by atoms with Crippen molar-refractivity contribution in [2.45, 2.75) is 57.1 Å². The van der Waals surface area contributed by atoms with Crippen LogP contribution >= 0.6 is 11.6 Å². The number of aromatic nitrogens is 2. The Labute approximate surface area is 184 Å². The van der Waals surface area contributed by atoms with E-state index >= 15 is 0 Å². The second kappa shape index (κ2) is 8.16. The highest BCUT2D eigenvalue weighted by Crippen LogP contribution is 2.42. The first kappa shape index (κ1) is 20.9. The first-order valence-electron chi connectivity index (χ1n) is 10.6. The molecule has 3 aliphatic rings. The molecule has 2 saturated heterocycles. The van der Waals surface area contributed by atoms with Crippen LogP contribution in [0.3, 0.4) is 0 Å². The smallest absolute Gasteiger partial charge is 0.223 e. The summed E-state index contributed by atoms with van der Waals surface area (Å²) in [4.78, 5) is 8.80. The second-order valence-corrected chi connectivity index (χ2v) is 9.10. The molecule has 0 amide bonds. The molecular weight excluding hydrogens is 425 g/mol.